The van der Waals surface area contributed by atoms with Crippen molar-refractivity contribution in [3.8, 4) is 5.75 Å². The fraction of sp³-hybridized carbons (Fsp3) is 0.312. The van der Waals surface area contributed by atoms with Gasteiger partial charge in [0.15, 0.2) is 0 Å². The number of nitrogens with one attached hydrogen (secondary N) is 1. The van der Waals surface area contributed by atoms with Crippen molar-refractivity contribution in [1.29, 1.82) is 0 Å². The molecular formula is C16H20N2O. The Morgan fingerprint density at radius 3 is 2.53 bits per heavy atom. The number of hydrogen-bond donors (Lipinski definition) is 1. The molecule has 0 aliphatic rings. The minimum atomic E-state index is 0.287. The van der Waals surface area contributed by atoms with Gasteiger partial charge in [-0.2, -0.15) is 0 Å². The largest absolute Gasteiger partial charge is 0.497 e. The Labute approximate surface area is 114 Å². The summed E-state index contributed by atoms with van der Waals surface area (Å²) in [6.07, 6.45) is 4.74. The number of anilines is 1. The third-order valence-electron chi connectivity index (χ3n) is 3.14. The Kier molecular flexibility index (Phi) is 4.39. The summed E-state index contributed by atoms with van der Waals surface area (Å²) in [5.74, 6) is 0.885. The van der Waals surface area contributed by atoms with E-state index in [0.717, 1.165) is 23.4 Å². The molecule has 0 aliphatic carbocycles. The summed E-state index contributed by atoms with van der Waals surface area (Å²) in [4.78, 5) is 4.21. The van der Waals surface area contributed by atoms with Crippen LogP contribution in [0.2, 0.25) is 0 Å². The Bertz CT molecular complexity index is 523. The van der Waals surface area contributed by atoms with Crippen LogP contribution in [-0.4, -0.2) is 12.1 Å². The van der Waals surface area contributed by atoms with Crippen LogP contribution in [0.25, 0.3) is 0 Å². The van der Waals surface area contributed by atoms with Crippen LogP contribution >= 0.6 is 0 Å². The molecule has 1 aromatic heterocycles. The van der Waals surface area contributed by atoms with E-state index in [1.165, 1.54) is 5.56 Å². The van der Waals surface area contributed by atoms with Crippen molar-refractivity contribution in [2.45, 2.75) is 26.3 Å². The quantitative estimate of drug-likeness (QED) is 0.879. The highest BCUT2D eigenvalue weighted by molar-refractivity contribution is 5.45. The standard InChI is InChI=1S/C16H20N2O/c1-4-16(13-5-7-15(19-3)8-6-13)18-14-9-12(2)10-17-11-14/h5-11,16,18H,4H2,1-3H3. The van der Waals surface area contributed by atoms with Gasteiger partial charge in [-0.05, 0) is 42.7 Å². The molecule has 1 N–H and O–H groups in total. The molecule has 2 aromatic rings. The minimum Gasteiger partial charge on any atom is -0.497 e. The minimum absolute atomic E-state index is 0.287. The number of hydrogen-bond acceptors (Lipinski definition) is 3. The highest BCUT2D eigenvalue weighted by Gasteiger charge is 2.09. The summed E-state index contributed by atoms with van der Waals surface area (Å²) < 4.78 is 5.19. The normalized spacial score (nSPS) is 11.9. The van der Waals surface area contributed by atoms with Crippen molar-refractivity contribution < 1.29 is 4.74 Å². The van der Waals surface area contributed by atoms with E-state index in [1.807, 2.05) is 31.5 Å². The van der Waals surface area contributed by atoms with Gasteiger partial charge in [-0.3, -0.25) is 4.98 Å². The monoisotopic (exact) mass is 256 g/mol. The summed E-state index contributed by atoms with van der Waals surface area (Å²) in [5, 5.41) is 3.52. The SMILES string of the molecule is CCC(Nc1cncc(C)c1)c1ccc(OC)cc1. The molecule has 3 heteroatoms. The number of rotatable bonds is 5. The molecule has 0 radical (unpaired) electrons. The Morgan fingerprint density at radius 2 is 1.95 bits per heavy atom. The van der Waals surface area contributed by atoms with Crippen molar-refractivity contribution in [3.05, 3.63) is 53.9 Å². The molecule has 19 heavy (non-hydrogen) atoms. The average Bonchev–Trinajstić information content (AvgIpc) is 2.45. The van der Waals surface area contributed by atoms with E-state index in [-0.39, 0.29) is 6.04 Å². The zero-order valence-corrected chi connectivity index (χ0v) is 11.7. The van der Waals surface area contributed by atoms with Crippen LogP contribution in [0.15, 0.2) is 42.7 Å². The molecule has 3 nitrogen and oxygen atoms in total. The Hall–Kier alpha value is -2.03. The van der Waals surface area contributed by atoms with Crippen LogP contribution in [-0.2, 0) is 0 Å². The zero-order chi connectivity index (χ0) is 13.7. The molecule has 0 aliphatic heterocycles. The van der Waals surface area contributed by atoms with E-state index in [4.69, 9.17) is 4.74 Å². The number of ether oxygens (including phenoxy) is 1. The van der Waals surface area contributed by atoms with Crippen molar-refractivity contribution in [2.75, 3.05) is 12.4 Å². The molecule has 1 atom stereocenters. The molecule has 0 amide bonds. The van der Waals surface area contributed by atoms with E-state index in [2.05, 4.69) is 35.4 Å². The van der Waals surface area contributed by atoms with E-state index < -0.39 is 0 Å². The lowest BCUT2D eigenvalue weighted by molar-refractivity contribution is 0.414. The molecule has 0 bridgehead atoms. The van der Waals surface area contributed by atoms with E-state index in [9.17, 15) is 0 Å². The number of nitrogens with zero attached hydrogens (tertiary/aromatic N) is 1. The number of pyridine rings is 1. The van der Waals surface area contributed by atoms with Crippen LogP contribution < -0.4 is 10.1 Å². The Morgan fingerprint density at radius 1 is 1.21 bits per heavy atom. The maximum absolute atomic E-state index is 5.19. The fourth-order valence-electron chi connectivity index (χ4n) is 2.09. The fourth-order valence-corrected chi connectivity index (χ4v) is 2.09. The maximum Gasteiger partial charge on any atom is 0.118 e. The van der Waals surface area contributed by atoms with Crippen molar-refractivity contribution in [3.63, 3.8) is 0 Å². The predicted molar refractivity (Wildman–Crippen MR) is 78.6 cm³/mol. The summed E-state index contributed by atoms with van der Waals surface area (Å²) >= 11 is 0. The molecule has 0 spiro atoms. The molecule has 2 rings (SSSR count). The molecule has 1 heterocycles. The summed E-state index contributed by atoms with van der Waals surface area (Å²) in [6, 6.07) is 10.6. The third kappa shape index (κ3) is 3.47. The number of methoxy groups -OCH3 is 1. The number of aromatic nitrogens is 1. The Balaban J connectivity index is 2.15. The van der Waals surface area contributed by atoms with Gasteiger partial charge in [-0.1, -0.05) is 19.1 Å². The van der Waals surface area contributed by atoms with Crippen LogP contribution in [0.5, 0.6) is 5.75 Å². The summed E-state index contributed by atoms with van der Waals surface area (Å²) in [5.41, 5.74) is 3.47. The smallest absolute Gasteiger partial charge is 0.118 e. The molecule has 100 valence electrons. The predicted octanol–water partition coefficient (Wildman–Crippen LogP) is 3.96. The van der Waals surface area contributed by atoms with Gasteiger partial charge < -0.3 is 10.1 Å². The highest BCUT2D eigenvalue weighted by Crippen LogP contribution is 2.24. The first-order chi connectivity index (χ1) is 9.22. The van der Waals surface area contributed by atoms with Gasteiger partial charge >= 0.3 is 0 Å². The van der Waals surface area contributed by atoms with Gasteiger partial charge in [0, 0.05) is 12.4 Å². The average molecular weight is 256 g/mol. The second-order valence-corrected chi connectivity index (χ2v) is 4.63. The van der Waals surface area contributed by atoms with E-state index in [1.54, 1.807) is 7.11 Å². The first-order valence-corrected chi connectivity index (χ1v) is 6.55. The second kappa shape index (κ2) is 6.23. The van der Waals surface area contributed by atoms with Crippen molar-refractivity contribution >= 4 is 5.69 Å². The van der Waals surface area contributed by atoms with Gasteiger partial charge in [0.25, 0.3) is 0 Å². The highest BCUT2D eigenvalue weighted by atomic mass is 16.5. The van der Waals surface area contributed by atoms with Gasteiger partial charge in [-0.15, -0.1) is 0 Å². The molecule has 1 aromatic carbocycles. The van der Waals surface area contributed by atoms with Crippen LogP contribution in [0.3, 0.4) is 0 Å². The third-order valence-corrected chi connectivity index (χ3v) is 3.14. The molecule has 0 saturated carbocycles. The maximum atomic E-state index is 5.19. The molecule has 1 unspecified atom stereocenters. The zero-order valence-electron chi connectivity index (χ0n) is 11.7. The van der Waals surface area contributed by atoms with Crippen LogP contribution in [0, 0.1) is 6.92 Å². The number of benzene rings is 1. The first-order valence-electron chi connectivity index (χ1n) is 6.55. The van der Waals surface area contributed by atoms with Crippen molar-refractivity contribution in [2.24, 2.45) is 0 Å². The van der Waals surface area contributed by atoms with E-state index >= 15 is 0 Å². The van der Waals surface area contributed by atoms with Gasteiger partial charge in [0.1, 0.15) is 5.75 Å². The molecular weight excluding hydrogens is 236 g/mol. The van der Waals surface area contributed by atoms with Crippen LogP contribution in [0.4, 0.5) is 5.69 Å². The van der Waals surface area contributed by atoms with Gasteiger partial charge in [0.2, 0.25) is 0 Å². The summed E-state index contributed by atoms with van der Waals surface area (Å²) in [6.45, 7) is 4.22. The molecule has 0 saturated heterocycles. The molecule has 0 fully saturated rings. The van der Waals surface area contributed by atoms with Crippen LogP contribution in [0.1, 0.15) is 30.5 Å². The number of aryl methyl sites for hydroxylation is 1. The lowest BCUT2D eigenvalue weighted by Crippen LogP contribution is -2.09. The van der Waals surface area contributed by atoms with E-state index in [0.29, 0.717) is 0 Å². The van der Waals surface area contributed by atoms with Crippen molar-refractivity contribution in [1.82, 2.24) is 4.98 Å². The van der Waals surface area contributed by atoms with Gasteiger partial charge in [0.05, 0.1) is 18.8 Å². The van der Waals surface area contributed by atoms with Gasteiger partial charge in [-0.25, -0.2) is 0 Å². The lowest BCUT2D eigenvalue weighted by Gasteiger charge is -2.19. The lowest BCUT2D eigenvalue weighted by atomic mass is 10.0. The topological polar surface area (TPSA) is 34.2 Å². The summed E-state index contributed by atoms with van der Waals surface area (Å²) in [7, 11) is 1.68. The first kappa shape index (κ1) is 13.4. The second-order valence-electron chi connectivity index (χ2n) is 4.63.